The first-order valence-electron chi connectivity index (χ1n) is 4.23. The highest BCUT2D eigenvalue weighted by atomic mass is 14.9. The molecular weight excluding hydrogens is 174 g/mol. The van der Waals surface area contributed by atoms with E-state index >= 15 is 0 Å². The Kier molecular flexibility index (Phi) is 5.90. The van der Waals surface area contributed by atoms with E-state index in [4.69, 9.17) is 5.73 Å². The fraction of sp³-hybridized carbons (Fsp3) is 0.0909. The predicted molar refractivity (Wildman–Crippen MR) is 62.6 cm³/mol. The summed E-state index contributed by atoms with van der Waals surface area (Å²) in [4.78, 5) is 0. The quantitative estimate of drug-likeness (QED) is 0.637. The van der Waals surface area contributed by atoms with Gasteiger partial charge in [0.15, 0.2) is 0 Å². The molecule has 0 aliphatic carbocycles. The normalized spacial score (nSPS) is 8.14. The third kappa shape index (κ3) is 4.33. The molecule has 76 valence electrons. The molecule has 3 nitrogen and oxygen atoms in total. The van der Waals surface area contributed by atoms with Crippen LogP contribution < -0.4 is 16.8 Å². The molecule has 3 heteroatoms. The molecule has 1 aromatic carbocycles. The van der Waals surface area contributed by atoms with Crippen molar-refractivity contribution in [1.82, 2.24) is 0 Å². The van der Waals surface area contributed by atoms with Gasteiger partial charge >= 0.3 is 0 Å². The third-order valence-electron chi connectivity index (χ3n) is 1.46. The number of rotatable bonds is 3. The average molecular weight is 191 g/mol. The molecule has 0 unspecified atom stereocenters. The summed E-state index contributed by atoms with van der Waals surface area (Å²) in [5, 5.41) is 3.02. The Morgan fingerprint density at radius 1 is 1.14 bits per heavy atom. The van der Waals surface area contributed by atoms with Gasteiger partial charge in [0.05, 0.1) is 5.70 Å². The van der Waals surface area contributed by atoms with Crippen LogP contribution in [0.3, 0.4) is 0 Å². The lowest BCUT2D eigenvalue weighted by Crippen LogP contribution is -2.06. The molecular formula is C11H17N3. The Balaban J connectivity index is 0.000000791. The number of anilines is 1. The fourth-order valence-electron chi connectivity index (χ4n) is 0.776. The van der Waals surface area contributed by atoms with Gasteiger partial charge in [-0.05, 0) is 19.2 Å². The Morgan fingerprint density at radius 2 is 1.64 bits per heavy atom. The molecule has 0 amide bonds. The summed E-state index contributed by atoms with van der Waals surface area (Å²) in [6, 6.07) is 9.71. The van der Waals surface area contributed by atoms with Crippen molar-refractivity contribution in [3.05, 3.63) is 54.9 Å². The summed E-state index contributed by atoms with van der Waals surface area (Å²) in [6.45, 7) is 7.28. The number of hydrogen-bond donors (Lipinski definition) is 3. The van der Waals surface area contributed by atoms with Gasteiger partial charge in [-0.25, -0.2) is 0 Å². The van der Waals surface area contributed by atoms with Crippen LogP contribution in [0.2, 0.25) is 0 Å². The van der Waals surface area contributed by atoms with Crippen LogP contribution in [0.1, 0.15) is 0 Å². The van der Waals surface area contributed by atoms with Gasteiger partial charge < -0.3 is 16.8 Å². The maximum Gasteiger partial charge on any atom is 0.0538 e. The zero-order valence-corrected chi connectivity index (χ0v) is 8.46. The predicted octanol–water partition coefficient (Wildman–Crippen LogP) is 1.66. The van der Waals surface area contributed by atoms with Crippen LogP contribution in [-0.4, -0.2) is 7.05 Å². The standard InChI is InChI=1S/C10H12N2.CH5N/c1-8(11)9(2)12-10-6-4-3-5-7-10;1-2/h3-7,12H,1-2,11H2;2H2,1H3. The van der Waals surface area contributed by atoms with E-state index in [-0.39, 0.29) is 0 Å². The van der Waals surface area contributed by atoms with Crippen molar-refractivity contribution in [2.24, 2.45) is 11.5 Å². The molecule has 0 heterocycles. The lowest BCUT2D eigenvalue weighted by molar-refractivity contribution is 1.32. The molecule has 5 N–H and O–H groups in total. The van der Waals surface area contributed by atoms with Gasteiger partial charge in [-0.15, -0.1) is 0 Å². The van der Waals surface area contributed by atoms with Crippen LogP contribution in [0.25, 0.3) is 0 Å². The Hall–Kier alpha value is -1.74. The molecule has 1 rings (SSSR count). The molecule has 0 spiro atoms. The van der Waals surface area contributed by atoms with E-state index in [0.29, 0.717) is 11.4 Å². The molecule has 0 aromatic heterocycles. The number of para-hydroxylation sites is 1. The molecule has 0 bridgehead atoms. The molecule has 0 aliphatic heterocycles. The Morgan fingerprint density at radius 3 is 2.07 bits per heavy atom. The molecule has 0 fully saturated rings. The van der Waals surface area contributed by atoms with E-state index < -0.39 is 0 Å². The van der Waals surface area contributed by atoms with Crippen molar-refractivity contribution >= 4 is 5.69 Å². The molecule has 0 aliphatic rings. The fourth-order valence-corrected chi connectivity index (χ4v) is 0.776. The maximum atomic E-state index is 5.43. The van der Waals surface area contributed by atoms with Crippen LogP contribution in [0, 0.1) is 0 Å². The van der Waals surface area contributed by atoms with Crippen LogP contribution in [-0.2, 0) is 0 Å². The minimum Gasteiger partial charge on any atom is -0.398 e. The monoisotopic (exact) mass is 191 g/mol. The summed E-state index contributed by atoms with van der Waals surface area (Å²) >= 11 is 0. The number of hydrogen-bond acceptors (Lipinski definition) is 3. The van der Waals surface area contributed by atoms with E-state index in [1.807, 2.05) is 30.3 Å². The van der Waals surface area contributed by atoms with Gasteiger partial charge in [0.25, 0.3) is 0 Å². The van der Waals surface area contributed by atoms with Crippen molar-refractivity contribution in [1.29, 1.82) is 0 Å². The van der Waals surface area contributed by atoms with Crippen molar-refractivity contribution in [3.63, 3.8) is 0 Å². The highest BCUT2D eigenvalue weighted by Gasteiger charge is 1.94. The van der Waals surface area contributed by atoms with Crippen LogP contribution in [0.15, 0.2) is 54.9 Å². The molecule has 14 heavy (non-hydrogen) atoms. The number of benzene rings is 1. The average Bonchev–Trinajstić information content (AvgIpc) is 2.22. The van der Waals surface area contributed by atoms with Crippen LogP contribution in [0.5, 0.6) is 0 Å². The Bertz CT molecular complexity index is 291. The second kappa shape index (κ2) is 6.74. The summed E-state index contributed by atoms with van der Waals surface area (Å²) in [7, 11) is 1.50. The summed E-state index contributed by atoms with van der Waals surface area (Å²) in [6.07, 6.45) is 0. The second-order valence-corrected chi connectivity index (χ2v) is 2.49. The van der Waals surface area contributed by atoms with Gasteiger partial charge in [-0.1, -0.05) is 31.4 Å². The largest absolute Gasteiger partial charge is 0.398 e. The van der Waals surface area contributed by atoms with Crippen LogP contribution >= 0.6 is 0 Å². The number of nitrogens with two attached hydrogens (primary N) is 2. The van der Waals surface area contributed by atoms with Crippen LogP contribution in [0.4, 0.5) is 5.69 Å². The maximum absolute atomic E-state index is 5.43. The minimum absolute atomic E-state index is 0.457. The minimum atomic E-state index is 0.457. The van der Waals surface area contributed by atoms with E-state index in [1.165, 1.54) is 7.05 Å². The topological polar surface area (TPSA) is 64.1 Å². The molecule has 0 saturated carbocycles. The van der Waals surface area contributed by atoms with Gasteiger partial charge in [0, 0.05) is 11.4 Å². The van der Waals surface area contributed by atoms with Gasteiger partial charge in [0.1, 0.15) is 0 Å². The van der Waals surface area contributed by atoms with Gasteiger partial charge in [0.2, 0.25) is 0 Å². The van der Waals surface area contributed by atoms with Crippen molar-refractivity contribution in [3.8, 4) is 0 Å². The highest BCUT2D eigenvalue weighted by Crippen LogP contribution is 2.09. The number of nitrogens with one attached hydrogen (secondary N) is 1. The zero-order valence-electron chi connectivity index (χ0n) is 8.46. The third-order valence-corrected chi connectivity index (χ3v) is 1.46. The molecule has 1 aromatic rings. The van der Waals surface area contributed by atoms with Gasteiger partial charge in [-0.2, -0.15) is 0 Å². The highest BCUT2D eigenvalue weighted by molar-refractivity contribution is 5.50. The first kappa shape index (κ1) is 12.3. The SMILES string of the molecule is C=C(N)C(=C)Nc1ccccc1.CN. The zero-order chi connectivity index (χ0) is 11.0. The van der Waals surface area contributed by atoms with E-state index in [0.717, 1.165) is 5.69 Å². The van der Waals surface area contributed by atoms with E-state index in [2.05, 4.69) is 24.2 Å². The first-order chi connectivity index (χ1) is 6.70. The van der Waals surface area contributed by atoms with E-state index in [1.54, 1.807) is 0 Å². The smallest absolute Gasteiger partial charge is 0.0538 e. The molecule has 0 radical (unpaired) electrons. The lowest BCUT2D eigenvalue weighted by atomic mass is 10.3. The van der Waals surface area contributed by atoms with E-state index in [9.17, 15) is 0 Å². The van der Waals surface area contributed by atoms with Gasteiger partial charge in [-0.3, -0.25) is 0 Å². The summed E-state index contributed by atoms with van der Waals surface area (Å²) in [5.74, 6) is 0. The first-order valence-corrected chi connectivity index (χ1v) is 4.23. The van der Waals surface area contributed by atoms with Crippen molar-refractivity contribution in [2.45, 2.75) is 0 Å². The summed E-state index contributed by atoms with van der Waals surface area (Å²) < 4.78 is 0. The van der Waals surface area contributed by atoms with Crippen molar-refractivity contribution < 1.29 is 0 Å². The molecule has 0 atom stereocenters. The second-order valence-electron chi connectivity index (χ2n) is 2.49. The lowest BCUT2D eigenvalue weighted by Gasteiger charge is -2.07. The molecule has 0 saturated heterocycles. The van der Waals surface area contributed by atoms with Crippen molar-refractivity contribution in [2.75, 3.05) is 12.4 Å². The summed E-state index contributed by atoms with van der Waals surface area (Å²) in [5.41, 5.74) is 12.0. The Labute approximate surface area is 85.1 Å².